The zero-order valence-corrected chi connectivity index (χ0v) is 12.7. The molecule has 0 spiro atoms. The minimum Gasteiger partial charge on any atom is -0.496 e. The highest BCUT2D eigenvalue weighted by molar-refractivity contribution is 9.10. The molecule has 1 heterocycles. The van der Waals surface area contributed by atoms with Crippen LogP contribution in [0.3, 0.4) is 0 Å². The summed E-state index contributed by atoms with van der Waals surface area (Å²) >= 11 is 3.53. The van der Waals surface area contributed by atoms with Crippen molar-refractivity contribution in [2.45, 2.75) is 19.4 Å². The number of halogens is 1. The molecule has 1 fully saturated rings. The average molecular weight is 313 g/mol. The first-order chi connectivity index (χ1) is 8.70. The lowest BCUT2D eigenvalue weighted by Crippen LogP contribution is -2.48. The molecule has 2 rings (SSSR count). The number of hydrogen-bond acceptors (Lipinski definition) is 3. The second kappa shape index (κ2) is 6.55. The van der Waals surface area contributed by atoms with Gasteiger partial charge in [-0.2, -0.15) is 0 Å². The number of piperazine rings is 1. The lowest BCUT2D eigenvalue weighted by Gasteiger charge is -2.33. The standard InChI is InChI=1S/C14H21BrN2O/c1-11(17-7-5-16-6-8-17)9-12-10-13(15)3-4-14(12)18-2/h3-4,10-11,16H,5-9H2,1-2H3. The van der Waals surface area contributed by atoms with E-state index >= 15 is 0 Å². The van der Waals surface area contributed by atoms with Crippen LogP contribution in [0, 0.1) is 0 Å². The predicted octanol–water partition coefficient (Wildman–Crippen LogP) is 2.29. The van der Waals surface area contributed by atoms with Crippen LogP contribution < -0.4 is 10.1 Å². The number of benzene rings is 1. The van der Waals surface area contributed by atoms with Crippen LogP contribution in [0.5, 0.6) is 5.75 Å². The normalized spacial score (nSPS) is 18.6. The Morgan fingerprint density at radius 3 is 2.78 bits per heavy atom. The van der Waals surface area contributed by atoms with Crippen LogP contribution in [0.25, 0.3) is 0 Å². The largest absolute Gasteiger partial charge is 0.496 e. The zero-order valence-electron chi connectivity index (χ0n) is 11.1. The average Bonchev–Trinajstić information content (AvgIpc) is 2.40. The van der Waals surface area contributed by atoms with E-state index in [0.717, 1.165) is 42.8 Å². The minimum absolute atomic E-state index is 0.551. The summed E-state index contributed by atoms with van der Waals surface area (Å²) < 4.78 is 6.55. The first-order valence-electron chi connectivity index (χ1n) is 6.48. The Balaban J connectivity index is 2.05. The molecule has 4 heteroatoms. The maximum Gasteiger partial charge on any atom is 0.122 e. The van der Waals surface area contributed by atoms with Crippen molar-refractivity contribution in [3.05, 3.63) is 28.2 Å². The fourth-order valence-electron chi connectivity index (χ4n) is 2.48. The van der Waals surface area contributed by atoms with Gasteiger partial charge in [-0.05, 0) is 37.1 Å². The molecule has 1 aliphatic rings. The molecular formula is C14H21BrN2O. The maximum absolute atomic E-state index is 5.44. The van der Waals surface area contributed by atoms with Gasteiger partial charge in [0.05, 0.1) is 7.11 Å². The van der Waals surface area contributed by atoms with Gasteiger partial charge >= 0.3 is 0 Å². The van der Waals surface area contributed by atoms with E-state index in [9.17, 15) is 0 Å². The summed E-state index contributed by atoms with van der Waals surface area (Å²) in [5.41, 5.74) is 1.28. The quantitative estimate of drug-likeness (QED) is 0.923. The summed E-state index contributed by atoms with van der Waals surface area (Å²) in [6.45, 7) is 6.76. The Morgan fingerprint density at radius 2 is 2.11 bits per heavy atom. The highest BCUT2D eigenvalue weighted by Crippen LogP contribution is 2.25. The van der Waals surface area contributed by atoms with Crippen molar-refractivity contribution in [2.75, 3.05) is 33.3 Å². The molecule has 0 saturated carbocycles. The molecule has 1 unspecified atom stereocenters. The lowest BCUT2D eigenvalue weighted by molar-refractivity contribution is 0.182. The molecule has 0 radical (unpaired) electrons. The molecule has 0 bridgehead atoms. The molecule has 18 heavy (non-hydrogen) atoms. The fraction of sp³-hybridized carbons (Fsp3) is 0.571. The summed E-state index contributed by atoms with van der Waals surface area (Å²) in [7, 11) is 1.74. The predicted molar refractivity (Wildman–Crippen MR) is 78.3 cm³/mol. The van der Waals surface area contributed by atoms with E-state index < -0.39 is 0 Å². The first-order valence-corrected chi connectivity index (χ1v) is 7.27. The van der Waals surface area contributed by atoms with E-state index in [4.69, 9.17) is 4.74 Å². The highest BCUT2D eigenvalue weighted by Gasteiger charge is 2.18. The molecule has 1 saturated heterocycles. The summed E-state index contributed by atoms with van der Waals surface area (Å²) in [4.78, 5) is 2.54. The van der Waals surface area contributed by atoms with Gasteiger partial charge in [0, 0.05) is 36.7 Å². The zero-order chi connectivity index (χ0) is 13.0. The van der Waals surface area contributed by atoms with Crippen LogP contribution in [-0.2, 0) is 6.42 Å². The van der Waals surface area contributed by atoms with Crippen LogP contribution in [0.1, 0.15) is 12.5 Å². The van der Waals surface area contributed by atoms with E-state index in [1.165, 1.54) is 5.56 Å². The van der Waals surface area contributed by atoms with Gasteiger partial charge < -0.3 is 10.1 Å². The Bertz CT molecular complexity index is 391. The van der Waals surface area contributed by atoms with Crippen molar-refractivity contribution in [2.24, 2.45) is 0 Å². The topological polar surface area (TPSA) is 24.5 Å². The van der Waals surface area contributed by atoms with Gasteiger partial charge in [-0.25, -0.2) is 0 Å². The Morgan fingerprint density at radius 1 is 1.39 bits per heavy atom. The van der Waals surface area contributed by atoms with Gasteiger partial charge in [-0.3, -0.25) is 4.90 Å². The second-order valence-corrected chi connectivity index (χ2v) is 5.71. The van der Waals surface area contributed by atoms with Gasteiger partial charge in [-0.1, -0.05) is 15.9 Å². The van der Waals surface area contributed by atoms with E-state index in [1.807, 2.05) is 12.1 Å². The van der Waals surface area contributed by atoms with Gasteiger partial charge in [0.25, 0.3) is 0 Å². The summed E-state index contributed by atoms with van der Waals surface area (Å²) in [5, 5.41) is 3.39. The van der Waals surface area contributed by atoms with Crippen molar-refractivity contribution >= 4 is 15.9 Å². The van der Waals surface area contributed by atoms with Crippen LogP contribution in [0.2, 0.25) is 0 Å². The van der Waals surface area contributed by atoms with Crippen molar-refractivity contribution < 1.29 is 4.74 Å². The third-order valence-electron chi connectivity index (χ3n) is 3.53. The molecule has 1 aromatic rings. The smallest absolute Gasteiger partial charge is 0.122 e. The molecule has 1 N–H and O–H groups in total. The van der Waals surface area contributed by atoms with Gasteiger partial charge in [0.15, 0.2) is 0 Å². The number of nitrogens with one attached hydrogen (secondary N) is 1. The number of methoxy groups -OCH3 is 1. The number of hydrogen-bond donors (Lipinski definition) is 1. The number of ether oxygens (including phenoxy) is 1. The highest BCUT2D eigenvalue weighted by atomic mass is 79.9. The van der Waals surface area contributed by atoms with Gasteiger partial charge in [0.1, 0.15) is 5.75 Å². The monoisotopic (exact) mass is 312 g/mol. The molecule has 1 aliphatic heterocycles. The van der Waals surface area contributed by atoms with Gasteiger partial charge in [0.2, 0.25) is 0 Å². The lowest BCUT2D eigenvalue weighted by atomic mass is 10.0. The van der Waals surface area contributed by atoms with Crippen molar-refractivity contribution in [1.29, 1.82) is 0 Å². The Hall–Kier alpha value is -0.580. The number of nitrogens with zero attached hydrogens (tertiary/aromatic N) is 1. The molecule has 0 aliphatic carbocycles. The molecular weight excluding hydrogens is 292 g/mol. The second-order valence-electron chi connectivity index (χ2n) is 4.80. The third kappa shape index (κ3) is 3.46. The van der Waals surface area contributed by atoms with Gasteiger partial charge in [-0.15, -0.1) is 0 Å². The van der Waals surface area contributed by atoms with Crippen molar-refractivity contribution in [3.8, 4) is 5.75 Å². The number of rotatable bonds is 4. The van der Waals surface area contributed by atoms with Crippen LogP contribution in [0.4, 0.5) is 0 Å². The van der Waals surface area contributed by atoms with Crippen LogP contribution >= 0.6 is 15.9 Å². The molecule has 1 aromatic carbocycles. The summed E-state index contributed by atoms with van der Waals surface area (Å²) in [6.07, 6.45) is 1.03. The minimum atomic E-state index is 0.551. The summed E-state index contributed by atoms with van der Waals surface area (Å²) in [5.74, 6) is 0.986. The first kappa shape index (κ1) is 13.8. The van der Waals surface area contributed by atoms with E-state index in [0.29, 0.717) is 6.04 Å². The Labute approximate surface area is 118 Å². The van der Waals surface area contributed by atoms with Crippen LogP contribution in [0.15, 0.2) is 22.7 Å². The van der Waals surface area contributed by atoms with Crippen molar-refractivity contribution in [1.82, 2.24) is 10.2 Å². The van der Waals surface area contributed by atoms with E-state index in [1.54, 1.807) is 7.11 Å². The third-order valence-corrected chi connectivity index (χ3v) is 4.03. The van der Waals surface area contributed by atoms with Crippen molar-refractivity contribution in [3.63, 3.8) is 0 Å². The van der Waals surface area contributed by atoms with E-state index in [2.05, 4.69) is 39.1 Å². The SMILES string of the molecule is COc1ccc(Br)cc1CC(C)N1CCNCC1. The van der Waals surface area contributed by atoms with Crippen LogP contribution in [-0.4, -0.2) is 44.2 Å². The molecule has 3 nitrogen and oxygen atoms in total. The summed E-state index contributed by atoms with van der Waals surface area (Å²) in [6, 6.07) is 6.77. The molecule has 0 amide bonds. The fourth-order valence-corrected chi connectivity index (χ4v) is 2.89. The Kier molecular flexibility index (Phi) is 5.03. The van der Waals surface area contributed by atoms with E-state index in [-0.39, 0.29) is 0 Å². The molecule has 0 aromatic heterocycles. The molecule has 1 atom stereocenters. The molecule has 100 valence electrons. The maximum atomic E-state index is 5.44.